The molecule has 1 aromatic carbocycles. The van der Waals surface area contributed by atoms with Crippen molar-refractivity contribution in [1.29, 1.82) is 0 Å². The summed E-state index contributed by atoms with van der Waals surface area (Å²) in [6.45, 7) is 5.65. The fourth-order valence-electron chi connectivity index (χ4n) is 2.90. The molecule has 7 heteroatoms. The molecule has 0 spiro atoms. The lowest BCUT2D eigenvalue weighted by Gasteiger charge is -2.36. The monoisotopic (exact) mass is 379 g/mol. The van der Waals surface area contributed by atoms with Crippen LogP contribution in [-0.4, -0.2) is 36.2 Å². The third-order valence-corrected chi connectivity index (χ3v) is 4.31. The fraction of sp³-hybridized carbons (Fsp3) is 0.333. The van der Waals surface area contributed by atoms with E-state index in [1.165, 1.54) is 0 Å². The zero-order valence-corrected chi connectivity index (χ0v) is 15.5. The van der Waals surface area contributed by atoms with E-state index in [-0.39, 0.29) is 18.1 Å². The highest BCUT2D eigenvalue weighted by atomic mass is 35.5. The molecule has 1 aliphatic rings. The number of pyridine rings is 1. The maximum absolute atomic E-state index is 12.4. The standard InChI is InChI=1S/C18H19Cl2N3O2/c1-11-9-23(10-12(2)25-11)17-4-3-13(8-21-17)18(24)22-16-6-14(19)5-15(20)7-16/h3-8,11-12H,9-10H2,1-2H3,(H,22,24)/t11-,12-/m1/s1. The first-order chi connectivity index (χ1) is 11.9. The number of carbonyl (C=O) groups excluding carboxylic acids is 1. The molecule has 2 heterocycles. The van der Waals surface area contributed by atoms with Crippen molar-refractivity contribution >= 4 is 40.6 Å². The van der Waals surface area contributed by atoms with Gasteiger partial charge in [0.2, 0.25) is 0 Å². The third kappa shape index (κ3) is 4.63. The number of ether oxygens (including phenoxy) is 1. The van der Waals surface area contributed by atoms with Crippen molar-refractivity contribution in [1.82, 2.24) is 4.98 Å². The maximum atomic E-state index is 12.4. The Morgan fingerprint density at radius 3 is 2.36 bits per heavy atom. The third-order valence-electron chi connectivity index (χ3n) is 3.87. The lowest BCUT2D eigenvalue weighted by Crippen LogP contribution is -2.45. The summed E-state index contributed by atoms with van der Waals surface area (Å²) in [5.41, 5.74) is 1.01. The highest BCUT2D eigenvalue weighted by Gasteiger charge is 2.23. The molecule has 1 aromatic heterocycles. The highest BCUT2D eigenvalue weighted by molar-refractivity contribution is 6.35. The van der Waals surface area contributed by atoms with Gasteiger partial charge in [0.1, 0.15) is 5.82 Å². The minimum atomic E-state index is -0.263. The average Bonchev–Trinajstić information content (AvgIpc) is 2.53. The normalized spacial score (nSPS) is 20.4. The van der Waals surface area contributed by atoms with Gasteiger partial charge in [-0.05, 0) is 44.2 Å². The zero-order chi connectivity index (χ0) is 18.0. The van der Waals surface area contributed by atoms with Gasteiger partial charge >= 0.3 is 0 Å². The largest absolute Gasteiger partial charge is 0.372 e. The van der Waals surface area contributed by atoms with Crippen LogP contribution >= 0.6 is 23.2 Å². The predicted octanol–water partition coefficient (Wildman–Crippen LogP) is 4.25. The van der Waals surface area contributed by atoms with Crippen molar-refractivity contribution in [2.45, 2.75) is 26.1 Å². The maximum Gasteiger partial charge on any atom is 0.257 e. The summed E-state index contributed by atoms with van der Waals surface area (Å²) in [6.07, 6.45) is 1.88. The van der Waals surface area contributed by atoms with Crippen LogP contribution in [0.5, 0.6) is 0 Å². The Hall–Kier alpha value is -1.82. The quantitative estimate of drug-likeness (QED) is 0.865. The molecule has 2 aromatic rings. The first kappa shape index (κ1) is 18.0. The number of aromatic nitrogens is 1. The molecule has 1 aliphatic heterocycles. The van der Waals surface area contributed by atoms with Crippen LogP contribution in [-0.2, 0) is 4.74 Å². The van der Waals surface area contributed by atoms with Crippen molar-refractivity contribution in [3.63, 3.8) is 0 Å². The van der Waals surface area contributed by atoms with Gasteiger partial charge in [-0.2, -0.15) is 0 Å². The van der Waals surface area contributed by atoms with Crippen LogP contribution in [0.15, 0.2) is 36.5 Å². The number of rotatable bonds is 3. The summed E-state index contributed by atoms with van der Waals surface area (Å²) in [5, 5.41) is 3.70. The number of hydrogen-bond acceptors (Lipinski definition) is 4. The Bertz CT molecular complexity index is 737. The first-order valence-electron chi connectivity index (χ1n) is 8.04. The van der Waals surface area contributed by atoms with Crippen LogP contribution < -0.4 is 10.2 Å². The van der Waals surface area contributed by atoms with Crippen LogP contribution in [0.1, 0.15) is 24.2 Å². The highest BCUT2D eigenvalue weighted by Crippen LogP contribution is 2.23. The van der Waals surface area contributed by atoms with E-state index in [9.17, 15) is 4.79 Å². The van der Waals surface area contributed by atoms with Gasteiger partial charge in [-0.15, -0.1) is 0 Å². The fourth-order valence-corrected chi connectivity index (χ4v) is 3.43. The Morgan fingerprint density at radius 1 is 1.16 bits per heavy atom. The number of amides is 1. The van der Waals surface area contributed by atoms with E-state index in [2.05, 4.69) is 15.2 Å². The first-order valence-corrected chi connectivity index (χ1v) is 8.80. The average molecular weight is 380 g/mol. The van der Waals surface area contributed by atoms with Gasteiger partial charge in [0.15, 0.2) is 0 Å². The summed E-state index contributed by atoms with van der Waals surface area (Å²) in [7, 11) is 0. The number of anilines is 2. The molecule has 132 valence electrons. The van der Waals surface area contributed by atoms with E-state index in [4.69, 9.17) is 27.9 Å². The second kappa shape index (κ2) is 7.60. The number of hydrogen-bond donors (Lipinski definition) is 1. The van der Waals surface area contributed by atoms with E-state index in [0.717, 1.165) is 18.9 Å². The van der Waals surface area contributed by atoms with E-state index >= 15 is 0 Å². The molecule has 2 atom stereocenters. The summed E-state index contributed by atoms with van der Waals surface area (Å²) in [4.78, 5) is 18.9. The van der Waals surface area contributed by atoms with Gasteiger partial charge in [0.05, 0.1) is 17.8 Å². The molecule has 1 N–H and O–H groups in total. The van der Waals surface area contributed by atoms with Gasteiger partial charge in [-0.25, -0.2) is 4.98 Å². The molecule has 0 unspecified atom stereocenters. The van der Waals surface area contributed by atoms with E-state index in [0.29, 0.717) is 21.3 Å². The van der Waals surface area contributed by atoms with Crippen LogP contribution in [0.3, 0.4) is 0 Å². The zero-order valence-electron chi connectivity index (χ0n) is 14.0. The van der Waals surface area contributed by atoms with Crippen molar-refractivity contribution in [3.05, 3.63) is 52.1 Å². The lowest BCUT2D eigenvalue weighted by atomic mass is 10.2. The Labute approximate surface area is 156 Å². The molecule has 0 bridgehead atoms. The minimum Gasteiger partial charge on any atom is -0.372 e. The summed E-state index contributed by atoms with van der Waals surface area (Å²) >= 11 is 11.9. The topological polar surface area (TPSA) is 54.5 Å². The number of halogens is 2. The molecular weight excluding hydrogens is 361 g/mol. The molecule has 0 radical (unpaired) electrons. The molecule has 1 fully saturated rings. The number of benzene rings is 1. The summed E-state index contributed by atoms with van der Waals surface area (Å²) < 4.78 is 5.73. The van der Waals surface area contributed by atoms with Crippen molar-refractivity contribution < 1.29 is 9.53 Å². The van der Waals surface area contributed by atoms with Crippen LogP contribution in [0, 0.1) is 0 Å². The van der Waals surface area contributed by atoms with Crippen LogP contribution in [0.25, 0.3) is 0 Å². The van der Waals surface area contributed by atoms with Gasteiger partial charge in [-0.3, -0.25) is 4.79 Å². The molecule has 0 saturated carbocycles. The Kier molecular flexibility index (Phi) is 5.47. The molecular formula is C18H19Cl2N3O2. The SMILES string of the molecule is C[C@@H]1CN(c2ccc(C(=O)Nc3cc(Cl)cc(Cl)c3)cn2)C[C@@H](C)O1. The Balaban J connectivity index is 1.70. The molecule has 1 amide bonds. The summed E-state index contributed by atoms with van der Waals surface area (Å²) in [5.74, 6) is 0.574. The molecule has 3 rings (SSSR count). The predicted molar refractivity (Wildman–Crippen MR) is 101 cm³/mol. The van der Waals surface area contributed by atoms with Crippen molar-refractivity contribution in [2.24, 2.45) is 0 Å². The molecule has 1 saturated heterocycles. The second-order valence-electron chi connectivity index (χ2n) is 6.18. The molecule has 5 nitrogen and oxygen atoms in total. The molecule has 25 heavy (non-hydrogen) atoms. The van der Waals surface area contributed by atoms with Gasteiger partial charge in [0.25, 0.3) is 5.91 Å². The second-order valence-corrected chi connectivity index (χ2v) is 7.05. The number of carbonyl (C=O) groups is 1. The van der Waals surface area contributed by atoms with Gasteiger partial charge < -0.3 is 15.0 Å². The number of morpholine rings is 1. The van der Waals surface area contributed by atoms with Crippen LogP contribution in [0.2, 0.25) is 10.0 Å². The van der Waals surface area contributed by atoms with E-state index < -0.39 is 0 Å². The van der Waals surface area contributed by atoms with E-state index in [1.54, 1.807) is 30.5 Å². The summed E-state index contributed by atoms with van der Waals surface area (Å²) in [6, 6.07) is 8.51. The number of nitrogens with zero attached hydrogens (tertiary/aromatic N) is 2. The number of nitrogens with one attached hydrogen (secondary N) is 1. The molecule has 0 aliphatic carbocycles. The van der Waals surface area contributed by atoms with Gasteiger partial charge in [0, 0.05) is 35.0 Å². The minimum absolute atomic E-state index is 0.154. The Morgan fingerprint density at radius 2 is 1.80 bits per heavy atom. The van der Waals surface area contributed by atoms with E-state index in [1.807, 2.05) is 19.9 Å². The van der Waals surface area contributed by atoms with Gasteiger partial charge in [-0.1, -0.05) is 23.2 Å². The lowest BCUT2D eigenvalue weighted by molar-refractivity contribution is -0.00546. The van der Waals surface area contributed by atoms with Crippen molar-refractivity contribution in [2.75, 3.05) is 23.3 Å². The van der Waals surface area contributed by atoms with Crippen LogP contribution in [0.4, 0.5) is 11.5 Å². The van der Waals surface area contributed by atoms with Crippen molar-refractivity contribution in [3.8, 4) is 0 Å². The smallest absolute Gasteiger partial charge is 0.257 e.